The fraction of sp³-hybridized carbons (Fsp3) is 0.455. The number of rotatable bonds is 5. The molecule has 0 aliphatic heterocycles. The number of hydrogen-bond donors (Lipinski definition) is 1. The van der Waals surface area contributed by atoms with E-state index in [1.807, 2.05) is 23.9 Å². The summed E-state index contributed by atoms with van der Waals surface area (Å²) in [7, 11) is 0. The van der Waals surface area contributed by atoms with Gasteiger partial charge in [-0.1, -0.05) is 19.1 Å². The summed E-state index contributed by atoms with van der Waals surface area (Å²) in [5.74, 6) is 2.49. The van der Waals surface area contributed by atoms with Crippen molar-refractivity contribution in [2.24, 2.45) is 0 Å². The van der Waals surface area contributed by atoms with Crippen LogP contribution in [0.15, 0.2) is 24.3 Å². The molecule has 0 amide bonds. The first-order valence-corrected chi connectivity index (χ1v) is 5.90. The quantitative estimate of drug-likeness (QED) is 0.577. The fourth-order valence-corrected chi connectivity index (χ4v) is 1.84. The van der Waals surface area contributed by atoms with Crippen LogP contribution in [0.2, 0.25) is 0 Å². The molecule has 13 heavy (non-hydrogen) atoms. The molecule has 0 atom stereocenters. The van der Waals surface area contributed by atoms with E-state index in [2.05, 4.69) is 19.1 Å². The lowest BCUT2D eigenvalue weighted by molar-refractivity contribution is 0.933. The lowest BCUT2D eigenvalue weighted by atomic mass is 10.1. The second-order valence-corrected chi connectivity index (χ2v) is 4.44. The highest BCUT2D eigenvalue weighted by Gasteiger charge is 1.92. The van der Waals surface area contributed by atoms with Crippen LogP contribution < -0.4 is 5.73 Å². The van der Waals surface area contributed by atoms with Crippen molar-refractivity contribution in [1.82, 2.24) is 0 Å². The maximum atomic E-state index is 5.60. The van der Waals surface area contributed by atoms with Gasteiger partial charge in [-0.2, -0.15) is 11.8 Å². The van der Waals surface area contributed by atoms with Gasteiger partial charge in [-0.15, -0.1) is 0 Å². The van der Waals surface area contributed by atoms with Gasteiger partial charge in [-0.3, -0.25) is 0 Å². The van der Waals surface area contributed by atoms with E-state index < -0.39 is 0 Å². The molecule has 72 valence electrons. The van der Waals surface area contributed by atoms with Crippen LogP contribution >= 0.6 is 11.8 Å². The molecule has 0 saturated carbocycles. The molecule has 1 aromatic carbocycles. The minimum atomic E-state index is 0.853. The largest absolute Gasteiger partial charge is 0.399 e. The zero-order chi connectivity index (χ0) is 9.52. The maximum Gasteiger partial charge on any atom is 0.0314 e. The lowest BCUT2D eigenvalue weighted by Gasteiger charge is -2.01. The molecule has 0 fully saturated rings. The molecular formula is C11H17NS. The lowest BCUT2D eigenvalue weighted by Crippen LogP contribution is -1.89. The Morgan fingerprint density at radius 3 is 2.54 bits per heavy atom. The summed E-state index contributed by atoms with van der Waals surface area (Å²) in [6.45, 7) is 2.20. The van der Waals surface area contributed by atoms with Crippen molar-refractivity contribution in [3.8, 4) is 0 Å². The van der Waals surface area contributed by atoms with Crippen molar-refractivity contribution >= 4 is 17.4 Å². The Hall–Kier alpha value is -0.630. The van der Waals surface area contributed by atoms with Gasteiger partial charge in [0.15, 0.2) is 0 Å². The Morgan fingerprint density at radius 1 is 1.23 bits per heavy atom. The normalized spacial score (nSPS) is 10.2. The Kier molecular flexibility index (Phi) is 4.76. The van der Waals surface area contributed by atoms with Crippen LogP contribution in [0.5, 0.6) is 0 Å². The third kappa shape index (κ3) is 4.23. The molecule has 0 radical (unpaired) electrons. The van der Waals surface area contributed by atoms with Crippen LogP contribution in [0.3, 0.4) is 0 Å². The maximum absolute atomic E-state index is 5.60. The number of anilines is 1. The second-order valence-electron chi connectivity index (χ2n) is 3.04. The monoisotopic (exact) mass is 195 g/mol. The zero-order valence-electron chi connectivity index (χ0n) is 8.12. The molecule has 0 bridgehead atoms. The average molecular weight is 195 g/mol. The van der Waals surface area contributed by atoms with E-state index in [4.69, 9.17) is 5.73 Å². The van der Waals surface area contributed by atoms with Crippen molar-refractivity contribution in [2.75, 3.05) is 17.2 Å². The fourth-order valence-electron chi connectivity index (χ4n) is 1.21. The number of nitrogens with two attached hydrogens (primary N) is 1. The van der Waals surface area contributed by atoms with Crippen molar-refractivity contribution in [3.63, 3.8) is 0 Å². The van der Waals surface area contributed by atoms with Crippen LogP contribution in [-0.2, 0) is 6.42 Å². The summed E-state index contributed by atoms with van der Waals surface area (Å²) in [5.41, 5.74) is 7.85. The number of thioether (sulfide) groups is 1. The van der Waals surface area contributed by atoms with E-state index in [-0.39, 0.29) is 0 Å². The minimum Gasteiger partial charge on any atom is -0.399 e. The van der Waals surface area contributed by atoms with Gasteiger partial charge in [0.1, 0.15) is 0 Å². The molecule has 1 rings (SSSR count). The van der Waals surface area contributed by atoms with E-state index in [9.17, 15) is 0 Å². The van der Waals surface area contributed by atoms with Gasteiger partial charge < -0.3 is 5.73 Å². The molecule has 2 heteroatoms. The van der Waals surface area contributed by atoms with Crippen LogP contribution in [0.4, 0.5) is 5.69 Å². The molecule has 0 saturated heterocycles. The zero-order valence-corrected chi connectivity index (χ0v) is 8.94. The Bertz CT molecular complexity index is 230. The summed E-state index contributed by atoms with van der Waals surface area (Å²) >= 11 is 2.01. The van der Waals surface area contributed by atoms with E-state index in [1.54, 1.807) is 0 Å². The van der Waals surface area contributed by atoms with Crippen molar-refractivity contribution < 1.29 is 0 Å². The second kappa shape index (κ2) is 5.92. The SMILES string of the molecule is CCSCCCc1ccc(N)cc1. The first kappa shape index (κ1) is 10.5. The van der Waals surface area contributed by atoms with Gasteiger partial charge in [0, 0.05) is 5.69 Å². The van der Waals surface area contributed by atoms with E-state index in [1.165, 1.54) is 29.9 Å². The molecule has 0 unspecified atom stereocenters. The van der Waals surface area contributed by atoms with Crippen molar-refractivity contribution in [2.45, 2.75) is 19.8 Å². The van der Waals surface area contributed by atoms with Gasteiger partial charge in [0.25, 0.3) is 0 Å². The van der Waals surface area contributed by atoms with E-state index in [0.717, 1.165) is 5.69 Å². The summed E-state index contributed by atoms with van der Waals surface area (Å²) in [6, 6.07) is 8.18. The number of benzene rings is 1. The Labute approximate surface area is 84.7 Å². The molecule has 0 aliphatic carbocycles. The standard InChI is InChI=1S/C11H17NS/c1-2-13-9-3-4-10-5-7-11(12)8-6-10/h5-8H,2-4,9,12H2,1H3. The van der Waals surface area contributed by atoms with Gasteiger partial charge in [0.05, 0.1) is 0 Å². The van der Waals surface area contributed by atoms with Crippen LogP contribution in [0.25, 0.3) is 0 Å². The van der Waals surface area contributed by atoms with Crippen LogP contribution in [0, 0.1) is 0 Å². The Morgan fingerprint density at radius 2 is 1.92 bits per heavy atom. The van der Waals surface area contributed by atoms with Crippen LogP contribution in [0.1, 0.15) is 18.9 Å². The molecule has 2 N–H and O–H groups in total. The van der Waals surface area contributed by atoms with Gasteiger partial charge >= 0.3 is 0 Å². The predicted molar refractivity (Wildman–Crippen MR) is 62.2 cm³/mol. The highest BCUT2D eigenvalue weighted by Crippen LogP contribution is 2.09. The summed E-state index contributed by atoms with van der Waals surface area (Å²) < 4.78 is 0. The smallest absolute Gasteiger partial charge is 0.0314 e. The molecule has 1 nitrogen and oxygen atoms in total. The highest BCUT2D eigenvalue weighted by molar-refractivity contribution is 7.99. The third-order valence-corrected chi connectivity index (χ3v) is 2.92. The molecular weight excluding hydrogens is 178 g/mol. The molecule has 0 aliphatic rings. The van der Waals surface area contributed by atoms with Crippen molar-refractivity contribution in [1.29, 1.82) is 0 Å². The highest BCUT2D eigenvalue weighted by atomic mass is 32.2. The van der Waals surface area contributed by atoms with Gasteiger partial charge in [0.2, 0.25) is 0 Å². The summed E-state index contributed by atoms with van der Waals surface area (Å²) in [6.07, 6.45) is 2.44. The number of nitrogen functional groups attached to an aromatic ring is 1. The molecule has 1 aromatic rings. The molecule has 0 aromatic heterocycles. The predicted octanol–water partition coefficient (Wildman–Crippen LogP) is 2.95. The van der Waals surface area contributed by atoms with E-state index in [0.29, 0.717) is 0 Å². The molecule has 0 heterocycles. The summed E-state index contributed by atoms with van der Waals surface area (Å²) in [5, 5.41) is 0. The third-order valence-electron chi connectivity index (χ3n) is 1.94. The molecule has 0 spiro atoms. The van der Waals surface area contributed by atoms with Gasteiger partial charge in [-0.25, -0.2) is 0 Å². The van der Waals surface area contributed by atoms with E-state index >= 15 is 0 Å². The topological polar surface area (TPSA) is 26.0 Å². The number of hydrogen-bond acceptors (Lipinski definition) is 2. The van der Waals surface area contributed by atoms with Crippen molar-refractivity contribution in [3.05, 3.63) is 29.8 Å². The van der Waals surface area contributed by atoms with Crippen LogP contribution in [-0.4, -0.2) is 11.5 Å². The first-order chi connectivity index (χ1) is 6.33. The van der Waals surface area contributed by atoms with Gasteiger partial charge in [-0.05, 0) is 42.0 Å². The Balaban J connectivity index is 2.25. The first-order valence-electron chi connectivity index (χ1n) is 4.75. The minimum absolute atomic E-state index is 0.853. The number of aryl methyl sites for hydroxylation is 1. The summed E-state index contributed by atoms with van der Waals surface area (Å²) in [4.78, 5) is 0. The average Bonchev–Trinajstić information content (AvgIpc) is 2.15.